The first-order chi connectivity index (χ1) is 15.0. The third-order valence-corrected chi connectivity index (χ3v) is 6.12. The summed E-state index contributed by atoms with van der Waals surface area (Å²) >= 11 is 9.70. The minimum atomic E-state index is 0.313. The third kappa shape index (κ3) is 7.03. The van der Waals surface area contributed by atoms with Gasteiger partial charge >= 0.3 is 0 Å². The Hall–Kier alpha value is -1.95. The Kier molecular flexibility index (Phi) is 8.88. The van der Waals surface area contributed by atoms with Gasteiger partial charge in [0.25, 0.3) is 0 Å². The zero-order chi connectivity index (χ0) is 22.2. The average molecular weight is 502 g/mol. The van der Waals surface area contributed by atoms with Crippen molar-refractivity contribution in [2.75, 3.05) is 25.0 Å². The summed E-state index contributed by atoms with van der Waals surface area (Å²) in [6.07, 6.45) is 6.20. The lowest BCUT2D eigenvalue weighted by Crippen LogP contribution is -2.25. The van der Waals surface area contributed by atoms with Crippen LogP contribution in [0.3, 0.4) is 0 Å². The molecule has 0 bridgehead atoms. The highest BCUT2D eigenvalue weighted by molar-refractivity contribution is 9.10. The van der Waals surface area contributed by atoms with Crippen LogP contribution in [0.1, 0.15) is 45.0 Å². The van der Waals surface area contributed by atoms with Gasteiger partial charge in [-0.2, -0.15) is 0 Å². The monoisotopic (exact) mass is 500 g/mol. The van der Waals surface area contributed by atoms with E-state index in [9.17, 15) is 0 Å². The van der Waals surface area contributed by atoms with Gasteiger partial charge in [0.15, 0.2) is 5.82 Å². The zero-order valence-electron chi connectivity index (χ0n) is 18.4. The molecular weight excluding hydrogens is 472 g/mol. The fraction of sp³-hybridized carbons (Fsp3) is 0.360. The maximum atomic E-state index is 6.23. The van der Waals surface area contributed by atoms with Gasteiger partial charge in [0.05, 0.1) is 5.52 Å². The van der Waals surface area contributed by atoms with Gasteiger partial charge in [-0.15, -0.1) is 0 Å². The standard InChI is InChI=1S/C25H30BrClN4/c1-4-31(5-2)16-6-7-18(3)28-25-22-14-13-21(27)17-23(22)29-24(30-25)15-10-19-8-11-20(26)12-9-19/h8-15,17-18H,4-7,16H2,1-3H3,(H,28,29,30)/b15-10+. The molecule has 0 fully saturated rings. The molecule has 0 aliphatic carbocycles. The van der Waals surface area contributed by atoms with Crippen LogP contribution in [0, 0.1) is 0 Å². The topological polar surface area (TPSA) is 41.0 Å². The summed E-state index contributed by atoms with van der Waals surface area (Å²) in [4.78, 5) is 12.0. The Bertz CT molecular complexity index is 1020. The van der Waals surface area contributed by atoms with E-state index in [0.29, 0.717) is 16.9 Å². The first kappa shape index (κ1) is 23.7. The number of benzene rings is 2. The maximum Gasteiger partial charge on any atom is 0.154 e. The summed E-state index contributed by atoms with van der Waals surface area (Å²) in [5, 5.41) is 5.27. The number of nitrogens with one attached hydrogen (secondary N) is 1. The number of fused-ring (bicyclic) bond motifs is 1. The first-order valence-electron chi connectivity index (χ1n) is 10.9. The highest BCUT2D eigenvalue weighted by Gasteiger charge is 2.11. The summed E-state index contributed by atoms with van der Waals surface area (Å²) in [5.74, 6) is 1.52. The van der Waals surface area contributed by atoms with Crippen LogP contribution in [0.2, 0.25) is 5.02 Å². The fourth-order valence-corrected chi connectivity index (χ4v) is 3.95. The van der Waals surface area contributed by atoms with Crippen LogP contribution in [0.25, 0.3) is 23.1 Å². The molecule has 1 aromatic heterocycles. The Balaban J connectivity index is 1.79. The minimum Gasteiger partial charge on any atom is -0.367 e. The van der Waals surface area contributed by atoms with Crippen molar-refractivity contribution in [3.8, 4) is 0 Å². The molecular formula is C25H30BrClN4. The molecule has 3 aromatic rings. The fourth-order valence-electron chi connectivity index (χ4n) is 3.52. The summed E-state index contributed by atoms with van der Waals surface area (Å²) in [6.45, 7) is 9.97. The molecule has 1 N–H and O–H groups in total. The van der Waals surface area contributed by atoms with Crippen LogP contribution in [-0.4, -0.2) is 40.5 Å². The van der Waals surface area contributed by atoms with Crippen molar-refractivity contribution >= 4 is 56.4 Å². The van der Waals surface area contributed by atoms with Gasteiger partial charge in [-0.1, -0.05) is 59.6 Å². The summed E-state index contributed by atoms with van der Waals surface area (Å²) in [6, 6.07) is 14.2. The van der Waals surface area contributed by atoms with Crippen molar-refractivity contribution in [3.05, 3.63) is 63.3 Å². The van der Waals surface area contributed by atoms with E-state index in [-0.39, 0.29) is 0 Å². The summed E-state index contributed by atoms with van der Waals surface area (Å²) < 4.78 is 1.06. The Morgan fingerprint density at radius 2 is 1.81 bits per heavy atom. The molecule has 0 radical (unpaired) electrons. The highest BCUT2D eigenvalue weighted by atomic mass is 79.9. The van der Waals surface area contributed by atoms with Gasteiger partial charge in [-0.25, -0.2) is 9.97 Å². The largest absolute Gasteiger partial charge is 0.367 e. The number of hydrogen-bond acceptors (Lipinski definition) is 4. The van der Waals surface area contributed by atoms with E-state index in [4.69, 9.17) is 21.6 Å². The van der Waals surface area contributed by atoms with Gasteiger partial charge in [0.2, 0.25) is 0 Å². The van der Waals surface area contributed by atoms with Crippen molar-refractivity contribution in [3.63, 3.8) is 0 Å². The first-order valence-corrected chi connectivity index (χ1v) is 12.1. The van der Waals surface area contributed by atoms with Gasteiger partial charge in [0, 0.05) is 20.9 Å². The second-order valence-corrected chi connectivity index (χ2v) is 9.04. The van der Waals surface area contributed by atoms with Gasteiger partial charge in [0.1, 0.15) is 5.82 Å². The van der Waals surface area contributed by atoms with Crippen LogP contribution >= 0.6 is 27.5 Å². The molecule has 0 saturated carbocycles. The van der Waals surface area contributed by atoms with Crippen LogP contribution in [0.4, 0.5) is 5.82 Å². The van der Waals surface area contributed by atoms with Crippen molar-refractivity contribution in [1.82, 2.24) is 14.9 Å². The normalized spacial score (nSPS) is 12.7. The second kappa shape index (κ2) is 11.6. The molecule has 31 heavy (non-hydrogen) atoms. The van der Waals surface area contributed by atoms with Gasteiger partial charge < -0.3 is 10.2 Å². The molecule has 6 heteroatoms. The molecule has 0 amide bonds. The van der Waals surface area contributed by atoms with Crippen molar-refractivity contribution in [2.24, 2.45) is 0 Å². The predicted octanol–water partition coefficient (Wildman–Crippen LogP) is 7.14. The van der Waals surface area contributed by atoms with E-state index in [1.165, 1.54) is 0 Å². The SMILES string of the molecule is CCN(CC)CCCC(C)Nc1nc(/C=C/c2ccc(Br)cc2)nc2cc(Cl)ccc12. The quantitative estimate of drug-likeness (QED) is 0.320. The molecule has 164 valence electrons. The van der Waals surface area contributed by atoms with E-state index in [1.807, 2.05) is 42.5 Å². The number of rotatable bonds is 10. The van der Waals surface area contributed by atoms with Crippen LogP contribution in [-0.2, 0) is 0 Å². The maximum absolute atomic E-state index is 6.23. The lowest BCUT2D eigenvalue weighted by molar-refractivity contribution is 0.295. The van der Waals surface area contributed by atoms with E-state index >= 15 is 0 Å². The predicted molar refractivity (Wildman–Crippen MR) is 138 cm³/mol. The molecule has 0 aliphatic rings. The highest BCUT2D eigenvalue weighted by Crippen LogP contribution is 2.25. The van der Waals surface area contributed by atoms with Crippen LogP contribution in [0.5, 0.6) is 0 Å². The number of aromatic nitrogens is 2. The number of anilines is 1. The molecule has 0 spiro atoms. The number of hydrogen-bond donors (Lipinski definition) is 1. The summed E-state index contributed by atoms with van der Waals surface area (Å²) in [7, 11) is 0. The third-order valence-electron chi connectivity index (χ3n) is 5.36. The van der Waals surface area contributed by atoms with E-state index in [2.05, 4.69) is 59.1 Å². The molecule has 1 heterocycles. The Morgan fingerprint density at radius 3 is 2.52 bits per heavy atom. The summed E-state index contributed by atoms with van der Waals surface area (Å²) in [5.41, 5.74) is 1.94. The van der Waals surface area contributed by atoms with Crippen molar-refractivity contribution in [1.29, 1.82) is 0 Å². The molecule has 0 aliphatic heterocycles. The lowest BCUT2D eigenvalue weighted by Gasteiger charge is -2.20. The zero-order valence-corrected chi connectivity index (χ0v) is 20.7. The number of nitrogens with zero attached hydrogens (tertiary/aromatic N) is 3. The molecule has 3 rings (SSSR count). The van der Waals surface area contributed by atoms with Crippen LogP contribution in [0.15, 0.2) is 46.9 Å². The molecule has 1 atom stereocenters. The van der Waals surface area contributed by atoms with Gasteiger partial charge in [-0.3, -0.25) is 0 Å². The van der Waals surface area contributed by atoms with Crippen molar-refractivity contribution in [2.45, 2.75) is 39.7 Å². The van der Waals surface area contributed by atoms with E-state index in [1.54, 1.807) is 0 Å². The van der Waals surface area contributed by atoms with Gasteiger partial charge in [-0.05, 0) is 81.4 Å². The molecule has 2 aromatic carbocycles. The molecule has 4 nitrogen and oxygen atoms in total. The van der Waals surface area contributed by atoms with Crippen LogP contribution < -0.4 is 5.32 Å². The lowest BCUT2D eigenvalue weighted by atomic mass is 10.1. The molecule has 1 unspecified atom stereocenters. The average Bonchev–Trinajstić information content (AvgIpc) is 2.76. The minimum absolute atomic E-state index is 0.313. The Labute approximate surface area is 198 Å². The second-order valence-electron chi connectivity index (χ2n) is 7.69. The van der Waals surface area contributed by atoms with Crippen molar-refractivity contribution < 1.29 is 0 Å². The van der Waals surface area contributed by atoms with E-state index < -0.39 is 0 Å². The molecule has 0 saturated heterocycles. The van der Waals surface area contributed by atoms with E-state index in [0.717, 1.165) is 59.2 Å². The smallest absolute Gasteiger partial charge is 0.154 e. The Morgan fingerprint density at radius 1 is 1.06 bits per heavy atom. The number of halogens is 2.